The lowest BCUT2D eigenvalue weighted by Gasteiger charge is -2.19. The van der Waals surface area contributed by atoms with Gasteiger partial charge in [-0.2, -0.15) is 0 Å². The second-order valence-electron chi connectivity index (χ2n) is 5.84. The predicted octanol–water partition coefficient (Wildman–Crippen LogP) is 2.32. The first-order valence-corrected chi connectivity index (χ1v) is 7.46. The Balaban J connectivity index is 0.00000161. The van der Waals surface area contributed by atoms with Crippen LogP contribution in [0.15, 0.2) is 24.3 Å². The lowest BCUT2D eigenvalue weighted by Crippen LogP contribution is -2.33. The number of benzene rings is 1. The van der Waals surface area contributed by atoms with E-state index in [9.17, 15) is 4.79 Å². The number of likely N-dealkylation sites (tertiary alicyclic amines) is 1. The normalized spacial score (nSPS) is 27.1. The molecule has 1 aliphatic carbocycles. The van der Waals surface area contributed by atoms with Crippen molar-refractivity contribution < 1.29 is 9.53 Å². The van der Waals surface area contributed by atoms with Crippen molar-refractivity contribution in [2.75, 3.05) is 19.7 Å². The highest BCUT2D eigenvalue weighted by Gasteiger charge is 2.42. The Morgan fingerprint density at radius 3 is 2.90 bits per heavy atom. The number of carbonyl (C=O) groups excluding carboxylic acids is 1. The molecule has 1 aromatic carbocycles. The number of fused-ring (bicyclic) bond motifs is 1. The van der Waals surface area contributed by atoms with Gasteiger partial charge in [0.05, 0.1) is 6.61 Å². The molecule has 1 heterocycles. The zero-order valence-electron chi connectivity index (χ0n) is 12.3. The van der Waals surface area contributed by atoms with E-state index in [1.165, 1.54) is 0 Å². The second-order valence-corrected chi connectivity index (χ2v) is 5.84. The first-order chi connectivity index (χ1) is 9.69. The molecule has 3 atom stereocenters. The molecule has 0 spiro atoms. The third-order valence-electron chi connectivity index (χ3n) is 4.59. The van der Waals surface area contributed by atoms with Gasteiger partial charge in [0.15, 0.2) is 0 Å². The molecule has 21 heavy (non-hydrogen) atoms. The van der Waals surface area contributed by atoms with Gasteiger partial charge in [-0.05, 0) is 49.8 Å². The molecule has 1 saturated heterocycles. The van der Waals surface area contributed by atoms with E-state index in [1.807, 2.05) is 36.1 Å². The molecule has 116 valence electrons. The van der Waals surface area contributed by atoms with Gasteiger partial charge < -0.3 is 15.4 Å². The number of hydrogen-bond acceptors (Lipinski definition) is 3. The zero-order chi connectivity index (χ0) is 14.1. The van der Waals surface area contributed by atoms with Crippen LogP contribution >= 0.6 is 12.4 Å². The topological polar surface area (TPSA) is 55.6 Å². The molecular formula is C16H23ClN2O2. The minimum atomic E-state index is 0. The Labute approximate surface area is 132 Å². The maximum Gasteiger partial charge on any atom is 0.254 e. The van der Waals surface area contributed by atoms with Crippen molar-refractivity contribution in [3.05, 3.63) is 29.8 Å². The molecule has 3 unspecified atom stereocenters. The van der Waals surface area contributed by atoms with Crippen LogP contribution in [-0.2, 0) is 0 Å². The lowest BCUT2D eigenvalue weighted by atomic mass is 9.98. The van der Waals surface area contributed by atoms with Crippen molar-refractivity contribution in [2.45, 2.75) is 25.8 Å². The van der Waals surface area contributed by atoms with E-state index in [0.717, 1.165) is 31.7 Å². The molecule has 2 fully saturated rings. The van der Waals surface area contributed by atoms with Crippen molar-refractivity contribution in [3.63, 3.8) is 0 Å². The van der Waals surface area contributed by atoms with Gasteiger partial charge in [0.25, 0.3) is 5.91 Å². The van der Waals surface area contributed by atoms with Gasteiger partial charge in [0.1, 0.15) is 5.75 Å². The van der Waals surface area contributed by atoms with E-state index in [4.69, 9.17) is 10.5 Å². The number of nitrogens with two attached hydrogens (primary N) is 1. The average molecular weight is 311 g/mol. The Kier molecular flexibility index (Phi) is 5.12. The average Bonchev–Trinajstić information content (AvgIpc) is 3.01. The van der Waals surface area contributed by atoms with Gasteiger partial charge in [-0.1, -0.05) is 6.07 Å². The van der Waals surface area contributed by atoms with E-state index in [-0.39, 0.29) is 24.4 Å². The van der Waals surface area contributed by atoms with Crippen LogP contribution in [0.25, 0.3) is 0 Å². The Morgan fingerprint density at radius 2 is 2.19 bits per heavy atom. The predicted molar refractivity (Wildman–Crippen MR) is 85.0 cm³/mol. The van der Waals surface area contributed by atoms with Crippen molar-refractivity contribution in [1.82, 2.24) is 4.90 Å². The summed E-state index contributed by atoms with van der Waals surface area (Å²) in [4.78, 5) is 14.5. The Morgan fingerprint density at radius 1 is 1.38 bits per heavy atom. The Hall–Kier alpha value is -1.26. The highest BCUT2D eigenvalue weighted by atomic mass is 35.5. The molecular weight excluding hydrogens is 288 g/mol. The number of rotatable bonds is 3. The van der Waals surface area contributed by atoms with E-state index < -0.39 is 0 Å². The van der Waals surface area contributed by atoms with Crippen molar-refractivity contribution in [1.29, 1.82) is 0 Å². The summed E-state index contributed by atoms with van der Waals surface area (Å²) < 4.78 is 5.46. The van der Waals surface area contributed by atoms with Crippen LogP contribution in [-0.4, -0.2) is 36.5 Å². The maximum absolute atomic E-state index is 12.6. The van der Waals surface area contributed by atoms with Gasteiger partial charge in [0.2, 0.25) is 0 Å². The van der Waals surface area contributed by atoms with E-state index in [2.05, 4.69) is 0 Å². The van der Waals surface area contributed by atoms with Crippen molar-refractivity contribution >= 4 is 18.3 Å². The largest absolute Gasteiger partial charge is 0.494 e. The molecule has 1 amide bonds. The van der Waals surface area contributed by atoms with Crippen LogP contribution in [0.2, 0.25) is 0 Å². The summed E-state index contributed by atoms with van der Waals surface area (Å²) in [5.74, 6) is 1.96. The summed E-state index contributed by atoms with van der Waals surface area (Å²) >= 11 is 0. The summed E-state index contributed by atoms with van der Waals surface area (Å²) in [7, 11) is 0. The molecule has 0 bridgehead atoms. The van der Waals surface area contributed by atoms with Crippen LogP contribution in [0, 0.1) is 11.8 Å². The second kappa shape index (κ2) is 6.67. The van der Waals surface area contributed by atoms with Crippen LogP contribution in [0.4, 0.5) is 0 Å². The molecule has 2 N–H and O–H groups in total. The molecule has 3 rings (SSSR count). The van der Waals surface area contributed by atoms with E-state index in [1.54, 1.807) is 0 Å². The fourth-order valence-corrected chi connectivity index (χ4v) is 3.54. The molecule has 5 heteroatoms. The van der Waals surface area contributed by atoms with E-state index >= 15 is 0 Å². The van der Waals surface area contributed by atoms with E-state index in [0.29, 0.717) is 24.0 Å². The third-order valence-corrected chi connectivity index (χ3v) is 4.59. The van der Waals surface area contributed by atoms with Gasteiger partial charge in [-0.25, -0.2) is 0 Å². The van der Waals surface area contributed by atoms with Crippen LogP contribution < -0.4 is 10.5 Å². The fraction of sp³-hybridized carbons (Fsp3) is 0.562. The van der Waals surface area contributed by atoms with Gasteiger partial charge in [-0.15, -0.1) is 12.4 Å². The molecule has 0 radical (unpaired) electrons. The number of nitrogens with zero attached hydrogens (tertiary/aromatic N) is 1. The molecule has 1 saturated carbocycles. The summed E-state index contributed by atoms with van der Waals surface area (Å²) in [6.45, 7) is 4.22. The quantitative estimate of drug-likeness (QED) is 0.932. The summed E-state index contributed by atoms with van der Waals surface area (Å²) in [5, 5.41) is 0. The number of amides is 1. The summed E-state index contributed by atoms with van der Waals surface area (Å²) in [6, 6.07) is 7.72. The lowest BCUT2D eigenvalue weighted by molar-refractivity contribution is 0.0779. The maximum atomic E-state index is 12.6. The Bertz CT molecular complexity index is 509. The summed E-state index contributed by atoms with van der Waals surface area (Å²) in [6.07, 6.45) is 2.27. The standard InChI is InChI=1S/C16H22N2O2.ClH/c1-2-20-13-5-3-4-11(8-13)16(19)18-9-12-6-7-15(17)14(12)10-18;/h3-5,8,12,14-15H,2,6-7,9-10,17H2,1H3;1H. The fourth-order valence-electron chi connectivity index (χ4n) is 3.54. The van der Waals surface area contributed by atoms with Crippen molar-refractivity contribution in [2.24, 2.45) is 17.6 Å². The highest BCUT2D eigenvalue weighted by Crippen LogP contribution is 2.37. The molecule has 4 nitrogen and oxygen atoms in total. The van der Waals surface area contributed by atoms with Gasteiger partial charge in [-0.3, -0.25) is 4.79 Å². The number of halogens is 1. The number of ether oxygens (including phenoxy) is 1. The first kappa shape index (κ1) is 16.1. The highest BCUT2D eigenvalue weighted by molar-refractivity contribution is 5.94. The minimum Gasteiger partial charge on any atom is -0.494 e. The third kappa shape index (κ3) is 3.16. The van der Waals surface area contributed by atoms with Crippen LogP contribution in [0.5, 0.6) is 5.75 Å². The monoisotopic (exact) mass is 310 g/mol. The van der Waals surface area contributed by atoms with Gasteiger partial charge >= 0.3 is 0 Å². The minimum absolute atomic E-state index is 0. The van der Waals surface area contributed by atoms with Gasteiger partial charge in [0, 0.05) is 24.7 Å². The molecule has 1 aromatic rings. The summed E-state index contributed by atoms with van der Waals surface area (Å²) in [5.41, 5.74) is 6.84. The van der Waals surface area contributed by atoms with Crippen LogP contribution in [0.1, 0.15) is 30.1 Å². The molecule has 1 aliphatic heterocycles. The number of hydrogen-bond donors (Lipinski definition) is 1. The molecule has 0 aromatic heterocycles. The van der Waals surface area contributed by atoms with Crippen LogP contribution in [0.3, 0.4) is 0 Å². The zero-order valence-corrected chi connectivity index (χ0v) is 13.1. The SMILES string of the molecule is CCOc1cccc(C(=O)N2CC3CCC(N)C3C2)c1.Cl. The smallest absolute Gasteiger partial charge is 0.254 e. The molecule has 2 aliphatic rings. The van der Waals surface area contributed by atoms with Crippen molar-refractivity contribution in [3.8, 4) is 5.75 Å². The first-order valence-electron chi connectivity index (χ1n) is 7.46. The number of carbonyl (C=O) groups is 1.